The monoisotopic (exact) mass is 200 g/mol. The molecule has 4 heteroatoms. The van der Waals surface area contributed by atoms with Crippen LogP contribution in [0.4, 0.5) is 0 Å². The van der Waals surface area contributed by atoms with Crippen LogP contribution >= 0.6 is 0 Å². The van der Waals surface area contributed by atoms with E-state index in [0.717, 1.165) is 32.2 Å². The van der Waals surface area contributed by atoms with E-state index in [1.807, 2.05) is 6.92 Å². The van der Waals surface area contributed by atoms with E-state index in [4.69, 9.17) is 5.11 Å². The Hall–Kier alpha value is -0.610. The molecule has 1 amide bonds. The van der Waals surface area contributed by atoms with Crippen LogP contribution in [0.5, 0.6) is 0 Å². The Morgan fingerprint density at radius 1 is 1.64 bits per heavy atom. The van der Waals surface area contributed by atoms with Crippen LogP contribution in [0.25, 0.3) is 0 Å². The maximum Gasteiger partial charge on any atom is 0.237 e. The van der Waals surface area contributed by atoms with Crippen LogP contribution in [0.3, 0.4) is 0 Å². The minimum atomic E-state index is -0.0915. The molecule has 0 aliphatic carbocycles. The molecule has 1 rings (SSSR count). The molecule has 2 atom stereocenters. The lowest BCUT2D eigenvalue weighted by Crippen LogP contribution is -2.50. The van der Waals surface area contributed by atoms with E-state index in [0.29, 0.717) is 0 Å². The summed E-state index contributed by atoms with van der Waals surface area (Å²) in [6.45, 7) is 2.90. The highest BCUT2D eigenvalue weighted by Gasteiger charge is 2.21. The van der Waals surface area contributed by atoms with Crippen molar-refractivity contribution in [2.45, 2.75) is 44.7 Å². The van der Waals surface area contributed by atoms with E-state index in [-0.39, 0.29) is 24.6 Å². The summed E-state index contributed by atoms with van der Waals surface area (Å²) in [6, 6.07) is -0.143. The summed E-state index contributed by atoms with van der Waals surface area (Å²) >= 11 is 0. The molecule has 0 aromatic carbocycles. The summed E-state index contributed by atoms with van der Waals surface area (Å²) in [5.74, 6) is 0.0330. The van der Waals surface area contributed by atoms with Gasteiger partial charge in [0.25, 0.3) is 0 Å². The summed E-state index contributed by atoms with van der Waals surface area (Å²) in [6.07, 6.45) is 3.95. The lowest BCUT2D eigenvalue weighted by atomic mass is 10.0. The Balaban J connectivity index is 2.32. The van der Waals surface area contributed by atoms with E-state index >= 15 is 0 Å². The second-order valence-corrected chi connectivity index (χ2v) is 3.80. The lowest BCUT2D eigenvalue weighted by molar-refractivity contribution is -0.124. The zero-order valence-electron chi connectivity index (χ0n) is 8.75. The molecule has 14 heavy (non-hydrogen) atoms. The summed E-state index contributed by atoms with van der Waals surface area (Å²) in [7, 11) is 0. The first-order valence-electron chi connectivity index (χ1n) is 5.42. The first kappa shape index (κ1) is 11.5. The van der Waals surface area contributed by atoms with Crippen molar-refractivity contribution in [2.24, 2.45) is 0 Å². The van der Waals surface area contributed by atoms with Gasteiger partial charge in [-0.3, -0.25) is 4.79 Å². The molecule has 3 N–H and O–H groups in total. The molecule has 1 heterocycles. The van der Waals surface area contributed by atoms with Crippen molar-refractivity contribution >= 4 is 5.91 Å². The number of aliphatic hydroxyl groups excluding tert-OH is 1. The van der Waals surface area contributed by atoms with Gasteiger partial charge in [0.15, 0.2) is 0 Å². The van der Waals surface area contributed by atoms with Crippen LogP contribution in [-0.2, 0) is 4.79 Å². The van der Waals surface area contributed by atoms with Gasteiger partial charge in [0.1, 0.15) is 0 Å². The molecule has 0 aromatic heterocycles. The van der Waals surface area contributed by atoms with Gasteiger partial charge in [0.2, 0.25) is 5.91 Å². The normalized spacial score (nSPS) is 24.3. The molecule has 1 saturated heterocycles. The molecule has 0 saturated carbocycles. The molecule has 1 unspecified atom stereocenters. The standard InChI is InChI=1S/C10H20N2O2/c1-2-8(7-13)12-10(14)9-5-3-4-6-11-9/h8-9,11,13H,2-7H2,1H3,(H,12,14)/t8-,9?/m0/s1. The average Bonchev–Trinajstić information content (AvgIpc) is 2.26. The SMILES string of the molecule is CC[C@@H](CO)NC(=O)C1CCCCN1. The van der Waals surface area contributed by atoms with Crippen molar-refractivity contribution in [3.8, 4) is 0 Å². The van der Waals surface area contributed by atoms with Gasteiger partial charge < -0.3 is 15.7 Å². The highest BCUT2D eigenvalue weighted by molar-refractivity contribution is 5.82. The molecule has 1 aliphatic rings. The van der Waals surface area contributed by atoms with Crippen molar-refractivity contribution in [2.75, 3.05) is 13.2 Å². The summed E-state index contributed by atoms with van der Waals surface area (Å²) in [5, 5.41) is 15.0. The molecule has 0 radical (unpaired) electrons. The molecule has 82 valence electrons. The van der Waals surface area contributed by atoms with Crippen LogP contribution < -0.4 is 10.6 Å². The highest BCUT2D eigenvalue weighted by Crippen LogP contribution is 2.07. The molecule has 4 nitrogen and oxygen atoms in total. The second-order valence-electron chi connectivity index (χ2n) is 3.80. The number of hydrogen-bond acceptors (Lipinski definition) is 3. The molecular weight excluding hydrogens is 180 g/mol. The number of hydrogen-bond donors (Lipinski definition) is 3. The van der Waals surface area contributed by atoms with E-state index in [9.17, 15) is 4.79 Å². The van der Waals surface area contributed by atoms with Crippen LogP contribution in [0.2, 0.25) is 0 Å². The smallest absolute Gasteiger partial charge is 0.237 e. The number of aliphatic hydroxyl groups is 1. The zero-order valence-corrected chi connectivity index (χ0v) is 8.75. The second kappa shape index (κ2) is 5.98. The number of nitrogens with one attached hydrogen (secondary N) is 2. The number of piperidine rings is 1. The highest BCUT2D eigenvalue weighted by atomic mass is 16.3. The fourth-order valence-corrected chi connectivity index (χ4v) is 1.65. The van der Waals surface area contributed by atoms with Crippen molar-refractivity contribution in [1.29, 1.82) is 0 Å². The van der Waals surface area contributed by atoms with Gasteiger partial charge >= 0.3 is 0 Å². The van der Waals surface area contributed by atoms with Crippen LogP contribution in [0.1, 0.15) is 32.6 Å². The van der Waals surface area contributed by atoms with Gasteiger partial charge in [-0.05, 0) is 25.8 Å². The number of carbonyl (C=O) groups is 1. The Bertz CT molecular complexity index is 175. The van der Waals surface area contributed by atoms with Gasteiger partial charge in [-0.1, -0.05) is 13.3 Å². The minimum absolute atomic E-state index is 0.0228. The van der Waals surface area contributed by atoms with Gasteiger partial charge in [-0.2, -0.15) is 0 Å². The Labute approximate surface area is 85.1 Å². The number of amides is 1. The fraction of sp³-hybridized carbons (Fsp3) is 0.900. The van der Waals surface area contributed by atoms with E-state index in [1.54, 1.807) is 0 Å². The third-order valence-electron chi connectivity index (χ3n) is 2.69. The summed E-state index contributed by atoms with van der Waals surface area (Å²) in [4.78, 5) is 11.6. The quantitative estimate of drug-likeness (QED) is 0.599. The zero-order chi connectivity index (χ0) is 10.4. The summed E-state index contributed by atoms with van der Waals surface area (Å²) in [5.41, 5.74) is 0. The largest absolute Gasteiger partial charge is 0.394 e. The van der Waals surface area contributed by atoms with Crippen molar-refractivity contribution in [3.63, 3.8) is 0 Å². The lowest BCUT2D eigenvalue weighted by Gasteiger charge is -2.24. The number of carbonyl (C=O) groups excluding carboxylic acids is 1. The van der Waals surface area contributed by atoms with Crippen molar-refractivity contribution in [3.05, 3.63) is 0 Å². The molecule has 1 fully saturated rings. The predicted octanol–water partition coefficient (Wildman–Crippen LogP) is 0.0156. The molecule has 1 aliphatic heterocycles. The first-order valence-corrected chi connectivity index (χ1v) is 5.42. The fourth-order valence-electron chi connectivity index (χ4n) is 1.65. The number of rotatable bonds is 4. The third kappa shape index (κ3) is 3.27. The molecule has 0 spiro atoms. The van der Waals surface area contributed by atoms with Crippen LogP contribution in [-0.4, -0.2) is 36.2 Å². The Morgan fingerprint density at radius 3 is 2.93 bits per heavy atom. The van der Waals surface area contributed by atoms with Gasteiger partial charge in [0.05, 0.1) is 18.7 Å². The van der Waals surface area contributed by atoms with Crippen LogP contribution in [0.15, 0.2) is 0 Å². The van der Waals surface area contributed by atoms with E-state index in [2.05, 4.69) is 10.6 Å². The van der Waals surface area contributed by atoms with Gasteiger partial charge in [-0.15, -0.1) is 0 Å². The van der Waals surface area contributed by atoms with Gasteiger partial charge in [0, 0.05) is 0 Å². The van der Waals surface area contributed by atoms with Crippen LogP contribution in [0, 0.1) is 0 Å². The van der Waals surface area contributed by atoms with E-state index in [1.165, 1.54) is 0 Å². The molecule has 0 bridgehead atoms. The maximum atomic E-state index is 11.6. The Morgan fingerprint density at radius 2 is 2.43 bits per heavy atom. The Kier molecular flexibility index (Phi) is 4.90. The predicted molar refractivity (Wildman–Crippen MR) is 54.9 cm³/mol. The van der Waals surface area contributed by atoms with Crippen molar-refractivity contribution < 1.29 is 9.90 Å². The molecular formula is C10H20N2O2. The summed E-state index contributed by atoms with van der Waals surface area (Å²) < 4.78 is 0. The topological polar surface area (TPSA) is 61.4 Å². The third-order valence-corrected chi connectivity index (χ3v) is 2.69. The maximum absolute atomic E-state index is 11.6. The minimum Gasteiger partial charge on any atom is -0.394 e. The van der Waals surface area contributed by atoms with E-state index < -0.39 is 0 Å². The van der Waals surface area contributed by atoms with Gasteiger partial charge in [-0.25, -0.2) is 0 Å². The molecule has 0 aromatic rings. The average molecular weight is 200 g/mol. The first-order chi connectivity index (χ1) is 6.77. The van der Waals surface area contributed by atoms with Crippen molar-refractivity contribution in [1.82, 2.24) is 10.6 Å².